The van der Waals surface area contributed by atoms with Crippen LogP contribution in [-0.2, 0) is 6.42 Å². The van der Waals surface area contributed by atoms with Crippen molar-refractivity contribution in [3.8, 4) is 0 Å². The monoisotopic (exact) mass is 349 g/mol. The second-order valence-corrected chi connectivity index (χ2v) is 6.39. The minimum absolute atomic E-state index is 0.278. The summed E-state index contributed by atoms with van der Waals surface area (Å²) < 4.78 is 3.23. The highest BCUT2D eigenvalue weighted by Crippen LogP contribution is 2.26. The van der Waals surface area contributed by atoms with E-state index in [9.17, 15) is 0 Å². The van der Waals surface area contributed by atoms with Crippen LogP contribution < -0.4 is 5.32 Å². The molecule has 0 saturated heterocycles. The van der Waals surface area contributed by atoms with Crippen molar-refractivity contribution >= 4 is 32.2 Å². The standard InChI is InChI=1S/C15H16BrN3S/c1-2-17-14(12-5-3-4-6-13(12)16)9-11-10-19-7-8-20-15(19)18-11/h3-8,10,14,17H,2,9H2,1H3. The van der Waals surface area contributed by atoms with Gasteiger partial charge in [-0.2, -0.15) is 0 Å². The van der Waals surface area contributed by atoms with E-state index in [0.717, 1.165) is 28.1 Å². The molecular weight excluding hydrogens is 334 g/mol. The first kappa shape index (κ1) is 13.8. The number of imidazole rings is 1. The fraction of sp³-hybridized carbons (Fsp3) is 0.267. The van der Waals surface area contributed by atoms with Gasteiger partial charge in [0, 0.05) is 34.7 Å². The van der Waals surface area contributed by atoms with E-state index in [1.54, 1.807) is 11.3 Å². The van der Waals surface area contributed by atoms with Crippen molar-refractivity contribution in [1.82, 2.24) is 14.7 Å². The van der Waals surface area contributed by atoms with E-state index in [1.165, 1.54) is 5.56 Å². The zero-order valence-electron chi connectivity index (χ0n) is 11.2. The number of aromatic nitrogens is 2. The number of hydrogen-bond donors (Lipinski definition) is 1. The molecule has 1 aromatic carbocycles. The summed E-state index contributed by atoms with van der Waals surface area (Å²) in [6, 6.07) is 8.65. The van der Waals surface area contributed by atoms with Gasteiger partial charge < -0.3 is 5.32 Å². The van der Waals surface area contributed by atoms with Crippen molar-refractivity contribution in [3.05, 3.63) is 57.8 Å². The quantitative estimate of drug-likeness (QED) is 0.752. The van der Waals surface area contributed by atoms with Crippen molar-refractivity contribution in [2.24, 2.45) is 0 Å². The van der Waals surface area contributed by atoms with Crippen LogP contribution in [0.15, 0.2) is 46.5 Å². The summed E-state index contributed by atoms with van der Waals surface area (Å²) in [6.45, 7) is 3.07. The van der Waals surface area contributed by atoms with Crippen LogP contribution in [0.3, 0.4) is 0 Å². The molecule has 3 nitrogen and oxygen atoms in total. The van der Waals surface area contributed by atoms with E-state index in [1.807, 2.05) is 6.07 Å². The lowest BCUT2D eigenvalue weighted by Crippen LogP contribution is -2.23. The predicted molar refractivity (Wildman–Crippen MR) is 87.3 cm³/mol. The number of fused-ring (bicyclic) bond motifs is 1. The zero-order chi connectivity index (χ0) is 13.9. The van der Waals surface area contributed by atoms with Gasteiger partial charge in [0.05, 0.1) is 5.69 Å². The molecule has 104 valence electrons. The number of nitrogens with zero attached hydrogens (tertiary/aromatic N) is 2. The SMILES string of the molecule is CCNC(Cc1cn2ccsc2n1)c1ccccc1Br. The van der Waals surface area contributed by atoms with Crippen molar-refractivity contribution in [2.75, 3.05) is 6.54 Å². The molecule has 5 heteroatoms. The number of benzene rings is 1. The average molecular weight is 350 g/mol. The summed E-state index contributed by atoms with van der Waals surface area (Å²) in [7, 11) is 0. The summed E-state index contributed by atoms with van der Waals surface area (Å²) in [5, 5.41) is 5.61. The number of nitrogens with one attached hydrogen (secondary N) is 1. The van der Waals surface area contributed by atoms with Crippen LogP contribution in [0.1, 0.15) is 24.2 Å². The van der Waals surface area contributed by atoms with Gasteiger partial charge in [-0.25, -0.2) is 4.98 Å². The minimum atomic E-state index is 0.278. The van der Waals surface area contributed by atoms with Crippen LogP contribution in [-0.4, -0.2) is 15.9 Å². The van der Waals surface area contributed by atoms with Gasteiger partial charge in [-0.15, -0.1) is 11.3 Å². The predicted octanol–water partition coefficient (Wildman–Crippen LogP) is 4.05. The van der Waals surface area contributed by atoms with Gasteiger partial charge in [-0.05, 0) is 18.2 Å². The van der Waals surface area contributed by atoms with Crippen LogP contribution in [0.4, 0.5) is 0 Å². The van der Waals surface area contributed by atoms with Gasteiger partial charge in [0.25, 0.3) is 0 Å². The highest BCUT2D eigenvalue weighted by Gasteiger charge is 2.15. The lowest BCUT2D eigenvalue weighted by molar-refractivity contribution is 0.543. The largest absolute Gasteiger partial charge is 0.310 e. The molecule has 2 aromatic heterocycles. The van der Waals surface area contributed by atoms with Crippen molar-refractivity contribution in [3.63, 3.8) is 0 Å². The maximum atomic E-state index is 4.68. The summed E-state index contributed by atoms with van der Waals surface area (Å²) in [4.78, 5) is 5.73. The highest BCUT2D eigenvalue weighted by molar-refractivity contribution is 9.10. The molecule has 3 aromatic rings. The Morgan fingerprint density at radius 1 is 1.40 bits per heavy atom. The maximum absolute atomic E-state index is 4.68. The molecule has 1 unspecified atom stereocenters. The van der Waals surface area contributed by atoms with Crippen LogP contribution in [0, 0.1) is 0 Å². The molecule has 1 atom stereocenters. The lowest BCUT2D eigenvalue weighted by Gasteiger charge is -2.18. The molecule has 0 spiro atoms. The third-order valence-electron chi connectivity index (χ3n) is 3.29. The first-order chi connectivity index (χ1) is 9.78. The topological polar surface area (TPSA) is 29.3 Å². The van der Waals surface area contributed by atoms with Crippen LogP contribution in [0.25, 0.3) is 4.96 Å². The molecule has 0 fully saturated rings. The Bertz CT molecular complexity index is 675. The second kappa shape index (κ2) is 6.08. The summed E-state index contributed by atoms with van der Waals surface area (Å²) in [5.41, 5.74) is 2.41. The van der Waals surface area contributed by atoms with Crippen molar-refractivity contribution < 1.29 is 0 Å². The number of likely N-dealkylation sites (N-methyl/N-ethyl adjacent to an activating group) is 1. The minimum Gasteiger partial charge on any atom is -0.310 e. The fourth-order valence-electron chi connectivity index (χ4n) is 2.38. The molecule has 2 heterocycles. The molecular formula is C15H16BrN3S. The number of hydrogen-bond acceptors (Lipinski definition) is 3. The molecule has 0 aliphatic heterocycles. The first-order valence-electron chi connectivity index (χ1n) is 6.67. The van der Waals surface area contributed by atoms with Crippen LogP contribution >= 0.6 is 27.3 Å². The number of rotatable bonds is 5. The van der Waals surface area contributed by atoms with Gasteiger partial charge in [-0.3, -0.25) is 4.40 Å². The third kappa shape index (κ3) is 2.80. The van der Waals surface area contributed by atoms with Gasteiger partial charge in [0.1, 0.15) is 0 Å². The fourth-order valence-corrected chi connectivity index (χ4v) is 3.66. The Kier molecular flexibility index (Phi) is 4.19. The molecule has 0 amide bonds. The number of halogens is 1. The highest BCUT2D eigenvalue weighted by atomic mass is 79.9. The Hall–Kier alpha value is -1.17. The molecule has 0 aliphatic carbocycles. The van der Waals surface area contributed by atoms with Gasteiger partial charge in [0.15, 0.2) is 4.96 Å². The van der Waals surface area contributed by atoms with Gasteiger partial charge in [-0.1, -0.05) is 41.1 Å². The van der Waals surface area contributed by atoms with E-state index >= 15 is 0 Å². The molecule has 20 heavy (non-hydrogen) atoms. The normalized spacial score (nSPS) is 12.9. The number of thiazole rings is 1. The first-order valence-corrected chi connectivity index (χ1v) is 8.34. The Morgan fingerprint density at radius 3 is 3.00 bits per heavy atom. The molecule has 3 rings (SSSR count). The maximum Gasteiger partial charge on any atom is 0.193 e. The third-order valence-corrected chi connectivity index (χ3v) is 4.78. The second-order valence-electron chi connectivity index (χ2n) is 4.66. The van der Waals surface area contributed by atoms with E-state index in [0.29, 0.717) is 0 Å². The average Bonchev–Trinajstić information content (AvgIpc) is 3.00. The molecule has 1 N–H and O–H groups in total. The zero-order valence-corrected chi connectivity index (χ0v) is 13.6. The smallest absolute Gasteiger partial charge is 0.193 e. The van der Waals surface area contributed by atoms with Crippen LogP contribution in [0.5, 0.6) is 0 Å². The Labute approximate surface area is 130 Å². The molecule has 0 bridgehead atoms. The van der Waals surface area contributed by atoms with E-state index in [-0.39, 0.29) is 6.04 Å². The van der Waals surface area contributed by atoms with Gasteiger partial charge in [0.2, 0.25) is 0 Å². The van der Waals surface area contributed by atoms with Crippen LogP contribution in [0.2, 0.25) is 0 Å². The van der Waals surface area contributed by atoms with Gasteiger partial charge >= 0.3 is 0 Å². The molecule has 0 aliphatic rings. The van der Waals surface area contributed by atoms with E-state index in [4.69, 9.17) is 0 Å². The Morgan fingerprint density at radius 2 is 2.25 bits per heavy atom. The summed E-state index contributed by atoms with van der Waals surface area (Å²) in [5.74, 6) is 0. The summed E-state index contributed by atoms with van der Waals surface area (Å²) >= 11 is 5.31. The molecule has 0 saturated carbocycles. The van der Waals surface area contributed by atoms with E-state index < -0.39 is 0 Å². The van der Waals surface area contributed by atoms with Crippen molar-refractivity contribution in [1.29, 1.82) is 0 Å². The lowest BCUT2D eigenvalue weighted by atomic mass is 10.0. The Balaban J connectivity index is 1.87. The van der Waals surface area contributed by atoms with Crippen molar-refractivity contribution in [2.45, 2.75) is 19.4 Å². The molecule has 0 radical (unpaired) electrons. The summed E-state index contributed by atoms with van der Waals surface area (Å²) in [6.07, 6.45) is 5.06. The van der Waals surface area contributed by atoms with E-state index in [2.05, 4.69) is 73.5 Å².